The maximum Gasteiger partial charge on any atom is 0.241 e. The fraction of sp³-hybridized carbons (Fsp3) is 0.364. The second-order valence-electron chi connectivity index (χ2n) is 8.42. The Morgan fingerprint density at radius 2 is 1.80 bits per heavy atom. The van der Waals surface area contributed by atoms with Crippen molar-refractivity contribution < 1.29 is 18.0 Å². The van der Waals surface area contributed by atoms with E-state index in [-0.39, 0.29) is 23.1 Å². The summed E-state index contributed by atoms with van der Waals surface area (Å²) in [6, 6.07) is 13.5. The Hall–Kier alpha value is -2.71. The summed E-state index contributed by atoms with van der Waals surface area (Å²) in [5, 5.41) is 2.75. The predicted molar refractivity (Wildman–Crippen MR) is 117 cm³/mol. The SMILES string of the molecule is CC(C)(C)NS(=O)(=O)c1cccc(NC(=O)Cc2ccc(N3CCCC3=O)cc2)c1. The molecule has 0 unspecified atom stereocenters. The fourth-order valence-electron chi connectivity index (χ4n) is 3.31. The number of carbonyl (C=O) groups is 2. The highest BCUT2D eigenvalue weighted by Crippen LogP contribution is 2.22. The zero-order valence-corrected chi connectivity index (χ0v) is 18.3. The first kappa shape index (κ1) is 22.0. The molecule has 0 radical (unpaired) electrons. The predicted octanol–water partition coefficient (Wildman–Crippen LogP) is 3.07. The van der Waals surface area contributed by atoms with E-state index in [1.54, 1.807) is 37.8 Å². The lowest BCUT2D eigenvalue weighted by atomic mass is 10.1. The summed E-state index contributed by atoms with van der Waals surface area (Å²) >= 11 is 0. The van der Waals surface area contributed by atoms with Gasteiger partial charge in [0.05, 0.1) is 11.3 Å². The van der Waals surface area contributed by atoms with Crippen molar-refractivity contribution in [2.24, 2.45) is 0 Å². The molecular formula is C22H27N3O4S. The molecule has 2 N–H and O–H groups in total. The van der Waals surface area contributed by atoms with E-state index in [0.29, 0.717) is 12.1 Å². The van der Waals surface area contributed by atoms with Crippen LogP contribution < -0.4 is 14.9 Å². The number of nitrogens with zero attached hydrogens (tertiary/aromatic N) is 1. The summed E-state index contributed by atoms with van der Waals surface area (Å²) < 4.78 is 27.6. The smallest absolute Gasteiger partial charge is 0.241 e. The molecule has 1 aliphatic heterocycles. The molecule has 3 rings (SSSR count). The van der Waals surface area contributed by atoms with Gasteiger partial charge in [0.1, 0.15) is 0 Å². The van der Waals surface area contributed by atoms with Crippen LogP contribution in [0.25, 0.3) is 0 Å². The maximum atomic E-state index is 12.5. The van der Waals surface area contributed by atoms with Gasteiger partial charge >= 0.3 is 0 Å². The van der Waals surface area contributed by atoms with Crippen molar-refractivity contribution >= 4 is 33.2 Å². The molecule has 30 heavy (non-hydrogen) atoms. The van der Waals surface area contributed by atoms with Gasteiger partial charge in [-0.1, -0.05) is 18.2 Å². The monoisotopic (exact) mass is 429 g/mol. The molecule has 2 aromatic rings. The lowest BCUT2D eigenvalue weighted by Crippen LogP contribution is -2.40. The summed E-state index contributed by atoms with van der Waals surface area (Å²) in [4.78, 5) is 26.1. The topological polar surface area (TPSA) is 95.6 Å². The van der Waals surface area contributed by atoms with Crippen molar-refractivity contribution in [2.75, 3.05) is 16.8 Å². The molecule has 0 saturated carbocycles. The third-order valence-electron chi connectivity index (χ3n) is 4.55. The van der Waals surface area contributed by atoms with E-state index < -0.39 is 15.6 Å². The van der Waals surface area contributed by atoms with Gasteiger partial charge < -0.3 is 10.2 Å². The van der Waals surface area contributed by atoms with Gasteiger partial charge in [0.2, 0.25) is 21.8 Å². The number of carbonyl (C=O) groups excluding carboxylic acids is 2. The standard InChI is InChI=1S/C22H27N3O4S/c1-22(2,3)24-30(28,29)19-7-4-6-17(15-19)23-20(26)14-16-9-11-18(12-10-16)25-13-5-8-21(25)27/h4,6-7,9-12,15,24H,5,8,13-14H2,1-3H3,(H,23,26). The summed E-state index contributed by atoms with van der Waals surface area (Å²) in [7, 11) is -3.69. The van der Waals surface area contributed by atoms with Crippen LogP contribution in [0.2, 0.25) is 0 Å². The Labute approximate surface area is 177 Å². The summed E-state index contributed by atoms with van der Waals surface area (Å²) in [5.41, 5.74) is 1.45. The van der Waals surface area contributed by atoms with Gasteiger partial charge in [0, 0.05) is 29.9 Å². The van der Waals surface area contributed by atoms with Crippen molar-refractivity contribution in [1.82, 2.24) is 4.72 Å². The van der Waals surface area contributed by atoms with Crippen LogP contribution in [-0.4, -0.2) is 32.3 Å². The van der Waals surface area contributed by atoms with E-state index in [1.165, 1.54) is 12.1 Å². The van der Waals surface area contributed by atoms with Crippen LogP contribution in [0.5, 0.6) is 0 Å². The summed E-state index contributed by atoms with van der Waals surface area (Å²) in [6.45, 7) is 6.02. The highest BCUT2D eigenvalue weighted by Gasteiger charge is 2.23. The van der Waals surface area contributed by atoms with Gasteiger partial charge in [-0.05, 0) is 63.1 Å². The largest absolute Gasteiger partial charge is 0.326 e. The highest BCUT2D eigenvalue weighted by atomic mass is 32.2. The minimum atomic E-state index is -3.69. The van der Waals surface area contributed by atoms with Crippen molar-refractivity contribution in [3.63, 3.8) is 0 Å². The molecule has 0 spiro atoms. The molecule has 0 bridgehead atoms. The third-order valence-corrected chi connectivity index (χ3v) is 6.31. The van der Waals surface area contributed by atoms with Gasteiger partial charge in [-0.15, -0.1) is 0 Å². The number of amides is 2. The van der Waals surface area contributed by atoms with Gasteiger partial charge in [0.25, 0.3) is 0 Å². The van der Waals surface area contributed by atoms with Crippen LogP contribution in [0.15, 0.2) is 53.4 Å². The Bertz CT molecular complexity index is 1040. The maximum absolute atomic E-state index is 12.5. The van der Waals surface area contributed by atoms with Crippen LogP contribution in [0.3, 0.4) is 0 Å². The number of sulfonamides is 1. The zero-order valence-electron chi connectivity index (χ0n) is 17.4. The number of benzene rings is 2. The van der Waals surface area contributed by atoms with Crippen molar-refractivity contribution in [2.45, 2.75) is 50.5 Å². The molecule has 0 aromatic heterocycles. The van der Waals surface area contributed by atoms with Crippen LogP contribution in [0.1, 0.15) is 39.2 Å². The van der Waals surface area contributed by atoms with Crippen LogP contribution in [-0.2, 0) is 26.0 Å². The molecule has 2 aromatic carbocycles. The minimum absolute atomic E-state index is 0.0925. The Morgan fingerprint density at radius 3 is 2.40 bits per heavy atom. The van der Waals surface area contributed by atoms with E-state index in [2.05, 4.69) is 10.0 Å². The molecule has 0 aliphatic carbocycles. The zero-order chi connectivity index (χ0) is 21.9. The van der Waals surface area contributed by atoms with Gasteiger partial charge in [0.15, 0.2) is 0 Å². The average molecular weight is 430 g/mol. The molecule has 2 amide bonds. The average Bonchev–Trinajstić information content (AvgIpc) is 3.06. The van der Waals surface area contributed by atoms with Crippen molar-refractivity contribution in [1.29, 1.82) is 0 Å². The third kappa shape index (κ3) is 5.67. The summed E-state index contributed by atoms with van der Waals surface area (Å²) in [5.74, 6) is -0.130. The number of rotatable bonds is 6. The van der Waals surface area contributed by atoms with Gasteiger partial charge in [-0.2, -0.15) is 0 Å². The number of anilines is 2. The molecule has 1 saturated heterocycles. The van der Waals surface area contributed by atoms with Crippen LogP contribution >= 0.6 is 0 Å². The molecule has 8 heteroatoms. The molecule has 1 fully saturated rings. The minimum Gasteiger partial charge on any atom is -0.326 e. The lowest BCUT2D eigenvalue weighted by molar-refractivity contribution is -0.117. The fourth-order valence-corrected chi connectivity index (χ4v) is 4.77. The van der Waals surface area contributed by atoms with E-state index in [4.69, 9.17) is 0 Å². The molecule has 1 aliphatic rings. The Balaban J connectivity index is 1.64. The Kier molecular flexibility index (Phi) is 6.28. The quantitative estimate of drug-likeness (QED) is 0.738. The van der Waals surface area contributed by atoms with Gasteiger partial charge in [-0.25, -0.2) is 13.1 Å². The van der Waals surface area contributed by atoms with E-state index >= 15 is 0 Å². The molecule has 160 valence electrons. The number of hydrogen-bond acceptors (Lipinski definition) is 4. The second-order valence-corrected chi connectivity index (χ2v) is 10.1. The first-order valence-electron chi connectivity index (χ1n) is 9.87. The first-order chi connectivity index (χ1) is 14.0. The number of nitrogens with one attached hydrogen (secondary N) is 2. The van der Waals surface area contributed by atoms with Crippen molar-refractivity contribution in [3.05, 3.63) is 54.1 Å². The second kappa shape index (κ2) is 8.57. The van der Waals surface area contributed by atoms with Crippen LogP contribution in [0.4, 0.5) is 11.4 Å². The van der Waals surface area contributed by atoms with Crippen molar-refractivity contribution in [3.8, 4) is 0 Å². The van der Waals surface area contributed by atoms with E-state index in [1.807, 2.05) is 24.3 Å². The van der Waals surface area contributed by atoms with E-state index in [0.717, 1.165) is 24.2 Å². The summed E-state index contributed by atoms with van der Waals surface area (Å²) in [6.07, 6.45) is 1.58. The molecule has 0 atom stereocenters. The first-order valence-corrected chi connectivity index (χ1v) is 11.3. The van der Waals surface area contributed by atoms with E-state index in [9.17, 15) is 18.0 Å². The Morgan fingerprint density at radius 1 is 1.10 bits per heavy atom. The molecule has 1 heterocycles. The van der Waals surface area contributed by atoms with Gasteiger partial charge in [-0.3, -0.25) is 9.59 Å². The van der Waals surface area contributed by atoms with Crippen LogP contribution in [0, 0.1) is 0 Å². The normalized spacial score (nSPS) is 14.8. The molecular weight excluding hydrogens is 402 g/mol. The molecule has 7 nitrogen and oxygen atoms in total. The number of hydrogen-bond donors (Lipinski definition) is 2. The lowest BCUT2D eigenvalue weighted by Gasteiger charge is -2.20. The highest BCUT2D eigenvalue weighted by molar-refractivity contribution is 7.89.